The molecule has 1 heterocycles. The van der Waals surface area contributed by atoms with Crippen LogP contribution in [0.25, 0.3) is 10.9 Å². The molecule has 150 valence electrons. The third-order valence-electron chi connectivity index (χ3n) is 6.55. The van der Waals surface area contributed by atoms with E-state index in [-0.39, 0.29) is 5.92 Å². The van der Waals surface area contributed by atoms with Gasteiger partial charge in [0.15, 0.2) is 0 Å². The summed E-state index contributed by atoms with van der Waals surface area (Å²) in [4.78, 5) is 19.9. The minimum Gasteiger partial charge on any atom is -0.497 e. The molecule has 0 spiro atoms. The lowest BCUT2D eigenvalue weighted by atomic mass is 9.82. The van der Waals surface area contributed by atoms with Crippen molar-refractivity contribution in [1.82, 2.24) is 9.88 Å². The molecule has 0 atom stereocenters. The number of aromatic nitrogens is 1. The number of nitrogens with zero attached hydrogens (tertiary/aromatic N) is 2. The van der Waals surface area contributed by atoms with E-state index < -0.39 is 0 Å². The number of methoxy groups -OCH3 is 1. The molecule has 2 saturated carbocycles. The summed E-state index contributed by atoms with van der Waals surface area (Å²) < 4.78 is 5.35. The summed E-state index contributed by atoms with van der Waals surface area (Å²) in [5.41, 5.74) is 1.77. The van der Waals surface area contributed by atoms with Gasteiger partial charge in [-0.05, 0) is 68.7 Å². The lowest BCUT2D eigenvalue weighted by Gasteiger charge is -2.40. The van der Waals surface area contributed by atoms with Gasteiger partial charge in [-0.25, -0.2) is 4.98 Å². The van der Waals surface area contributed by atoms with Gasteiger partial charge in [-0.3, -0.25) is 4.79 Å². The Bertz CT molecular complexity index is 857. The molecule has 0 aliphatic heterocycles. The van der Waals surface area contributed by atoms with E-state index in [1.165, 1.54) is 19.3 Å². The SMILES string of the molecule is COc1ccc2nc(Cl)c(CN(C(=O)C3CCC3)C3CCC(C)CC3)cc2c1. The molecule has 5 heteroatoms. The summed E-state index contributed by atoms with van der Waals surface area (Å²) in [6.45, 7) is 2.86. The van der Waals surface area contributed by atoms with Gasteiger partial charge in [0.25, 0.3) is 0 Å². The molecule has 1 aromatic heterocycles. The van der Waals surface area contributed by atoms with Crippen LogP contribution in [0.15, 0.2) is 24.3 Å². The molecule has 0 unspecified atom stereocenters. The van der Waals surface area contributed by atoms with Gasteiger partial charge in [0, 0.05) is 29.5 Å². The molecule has 28 heavy (non-hydrogen) atoms. The van der Waals surface area contributed by atoms with Crippen LogP contribution in [0.4, 0.5) is 0 Å². The number of pyridine rings is 1. The summed E-state index contributed by atoms with van der Waals surface area (Å²) in [6, 6.07) is 8.17. The first kappa shape index (κ1) is 19.5. The van der Waals surface area contributed by atoms with Crippen molar-refractivity contribution in [2.75, 3.05) is 7.11 Å². The zero-order valence-electron chi connectivity index (χ0n) is 16.8. The average Bonchev–Trinajstić information content (AvgIpc) is 2.65. The Hall–Kier alpha value is -1.81. The van der Waals surface area contributed by atoms with E-state index in [9.17, 15) is 4.79 Å². The van der Waals surface area contributed by atoms with Crippen molar-refractivity contribution in [3.05, 3.63) is 35.0 Å². The Balaban J connectivity index is 1.63. The van der Waals surface area contributed by atoms with Crippen LogP contribution in [-0.2, 0) is 11.3 Å². The van der Waals surface area contributed by atoms with Crippen molar-refractivity contribution in [2.24, 2.45) is 11.8 Å². The molecule has 0 saturated heterocycles. The first-order valence-corrected chi connectivity index (χ1v) is 10.9. The smallest absolute Gasteiger partial charge is 0.226 e. The number of benzene rings is 1. The molecular formula is C23H29ClN2O2. The number of carbonyl (C=O) groups is 1. The Labute approximate surface area is 172 Å². The van der Waals surface area contributed by atoms with Gasteiger partial charge in [0.05, 0.1) is 12.6 Å². The van der Waals surface area contributed by atoms with Gasteiger partial charge in [0.2, 0.25) is 5.91 Å². The number of fused-ring (bicyclic) bond motifs is 1. The Kier molecular flexibility index (Phi) is 5.77. The van der Waals surface area contributed by atoms with Crippen molar-refractivity contribution in [3.8, 4) is 5.75 Å². The molecule has 0 N–H and O–H groups in total. The van der Waals surface area contributed by atoms with Crippen molar-refractivity contribution >= 4 is 28.4 Å². The predicted octanol–water partition coefficient (Wildman–Crippen LogP) is 5.60. The van der Waals surface area contributed by atoms with Crippen molar-refractivity contribution in [1.29, 1.82) is 0 Å². The fraction of sp³-hybridized carbons (Fsp3) is 0.565. The average molecular weight is 401 g/mol. The minimum absolute atomic E-state index is 0.201. The Morgan fingerprint density at radius 2 is 1.93 bits per heavy atom. The minimum atomic E-state index is 0.201. The molecule has 2 aromatic rings. The number of halogens is 1. The molecule has 2 fully saturated rings. The molecule has 1 amide bonds. The van der Waals surface area contributed by atoms with Crippen LogP contribution >= 0.6 is 11.6 Å². The molecular weight excluding hydrogens is 372 g/mol. The maximum atomic E-state index is 13.2. The van der Waals surface area contributed by atoms with Crippen LogP contribution in [0.2, 0.25) is 5.15 Å². The molecule has 0 bridgehead atoms. The molecule has 0 radical (unpaired) electrons. The fourth-order valence-electron chi connectivity index (χ4n) is 4.43. The van der Waals surface area contributed by atoms with Crippen LogP contribution in [0, 0.1) is 11.8 Å². The predicted molar refractivity (Wildman–Crippen MR) is 113 cm³/mol. The molecule has 4 rings (SSSR count). The van der Waals surface area contributed by atoms with Gasteiger partial charge < -0.3 is 9.64 Å². The summed E-state index contributed by atoms with van der Waals surface area (Å²) in [6.07, 6.45) is 7.79. The zero-order chi connectivity index (χ0) is 19.7. The second kappa shape index (κ2) is 8.28. The standard InChI is InChI=1S/C23H29ClN2O2/c1-15-6-8-19(9-7-15)26(23(27)16-4-3-5-16)14-18-12-17-13-20(28-2)10-11-21(17)25-22(18)24/h10-13,15-16,19H,3-9,14H2,1-2H3. The lowest BCUT2D eigenvalue weighted by molar-refractivity contribution is -0.142. The molecule has 1 aromatic carbocycles. The summed E-state index contributed by atoms with van der Waals surface area (Å²) in [5, 5.41) is 1.49. The van der Waals surface area contributed by atoms with Crippen LogP contribution in [0.3, 0.4) is 0 Å². The van der Waals surface area contributed by atoms with Crippen molar-refractivity contribution in [2.45, 2.75) is 64.5 Å². The number of carbonyl (C=O) groups excluding carboxylic acids is 1. The number of amides is 1. The van der Waals surface area contributed by atoms with Gasteiger partial charge in [-0.2, -0.15) is 0 Å². The number of hydrogen-bond donors (Lipinski definition) is 0. The largest absolute Gasteiger partial charge is 0.497 e. The highest BCUT2D eigenvalue weighted by atomic mass is 35.5. The first-order valence-electron chi connectivity index (χ1n) is 10.5. The maximum absolute atomic E-state index is 13.2. The number of hydrogen-bond acceptors (Lipinski definition) is 3. The number of rotatable bonds is 5. The van der Waals surface area contributed by atoms with E-state index >= 15 is 0 Å². The van der Waals surface area contributed by atoms with E-state index in [2.05, 4.69) is 22.9 Å². The van der Waals surface area contributed by atoms with Crippen LogP contribution in [0.1, 0.15) is 57.4 Å². The van der Waals surface area contributed by atoms with Gasteiger partial charge in [-0.15, -0.1) is 0 Å². The highest BCUT2D eigenvalue weighted by Gasteiger charge is 2.34. The lowest BCUT2D eigenvalue weighted by Crippen LogP contribution is -2.46. The Morgan fingerprint density at radius 3 is 2.57 bits per heavy atom. The second-order valence-corrected chi connectivity index (χ2v) is 8.86. The summed E-state index contributed by atoms with van der Waals surface area (Å²) >= 11 is 6.53. The third kappa shape index (κ3) is 3.98. The van der Waals surface area contributed by atoms with E-state index in [0.29, 0.717) is 23.6 Å². The normalized spacial score (nSPS) is 22.7. The maximum Gasteiger partial charge on any atom is 0.226 e. The molecule has 2 aliphatic rings. The second-order valence-electron chi connectivity index (χ2n) is 8.50. The molecule has 4 nitrogen and oxygen atoms in total. The fourth-order valence-corrected chi connectivity index (χ4v) is 4.63. The Morgan fingerprint density at radius 1 is 1.18 bits per heavy atom. The van der Waals surface area contributed by atoms with Crippen molar-refractivity contribution in [3.63, 3.8) is 0 Å². The summed E-state index contributed by atoms with van der Waals surface area (Å²) in [7, 11) is 1.66. The zero-order valence-corrected chi connectivity index (χ0v) is 17.5. The van der Waals surface area contributed by atoms with Gasteiger partial charge >= 0.3 is 0 Å². The van der Waals surface area contributed by atoms with E-state index in [4.69, 9.17) is 16.3 Å². The van der Waals surface area contributed by atoms with Gasteiger partial charge in [0.1, 0.15) is 10.9 Å². The highest BCUT2D eigenvalue weighted by molar-refractivity contribution is 6.30. The van der Waals surface area contributed by atoms with Crippen LogP contribution in [-0.4, -0.2) is 28.9 Å². The number of ether oxygens (including phenoxy) is 1. The summed E-state index contributed by atoms with van der Waals surface area (Å²) in [5.74, 6) is 2.07. The van der Waals surface area contributed by atoms with E-state index in [1.807, 2.05) is 18.2 Å². The highest BCUT2D eigenvalue weighted by Crippen LogP contribution is 2.35. The first-order chi connectivity index (χ1) is 13.5. The third-order valence-corrected chi connectivity index (χ3v) is 6.88. The van der Waals surface area contributed by atoms with Crippen molar-refractivity contribution < 1.29 is 9.53 Å². The van der Waals surface area contributed by atoms with E-state index in [1.54, 1.807) is 7.11 Å². The van der Waals surface area contributed by atoms with Crippen LogP contribution in [0.5, 0.6) is 5.75 Å². The van der Waals surface area contributed by atoms with Gasteiger partial charge in [-0.1, -0.05) is 24.9 Å². The van der Waals surface area contributed by atoms with Crippen LogP contribution < -0.4 is 4.74 Å². The quantitative estimate of drug-likeness (QED) is 0.613. The van der Waals surface area contributed by atoms with E-state index in [0.717, 1.165) is 53.8 Å². The molecule has 2 aliphatic carbocycles. The topological polar surface area (TPSA) is 42.4 Å². The monoisotopic (exact) mass is 400 g/mol.